The summed E-state index contributed by atoms with van der Waals surface area (Å²) in [7, 11) is 0. The fraction of sp³-hybridized carbons (Fsp3) is 0.643. The topological polar surface area (TPSA) is 104 Å². The lowest BCUT2D eigenvalue weighted by atomic mass is 9.96. The first-order valence-corrected chi connectivity index (χ1v) is 7.25. The van der Waals surface area contributed by atoms with Crippen molar-refractivity contribution in [3.63, 3.8) is 0 Å². The first-order chi connectivity index (χ1) is 9.99. The summed E-state index contributed by atoms with van der Waals surface area (Å²) in [6.07, 6.45) is 5.46. The molecule has 1 heterocycles. The summed E-state index contributed by atoms with van der Waals surface area (Å²) in [5.41, 5.74) is 0.319. The maximum absolute atomic E-state index is 12.0. The third-order valence-corrected chi connectivity index (χ3v) is 3.78. The van der Waals surface area contributed by atoms with E-state index in [0.29, 0.717) is 5.69 Å². The maximum Gasteiger partial charge on any atom is 0.341 e. The number of hydrogen-bond donors (Lipinski definition) is 3. The van der Waals surface area contributed by atoms with Crippen LogP contribution in [0.5, 0.6) is 0 Å². The lowest BCUT2D eigenvalue weighted by Gasteiger charge is -2.23. The molecule has 21 heavy (non-hydrogen) atoms. The van der Waals surface area contributed by atoms with Crippen molar-refractivity contribution in [3.8, 4) is 0 Å². The molecule has 0 aliphatic heterocycles. The van der Waals surface area contributed by atoms with Crippen LogP contribution in [-0.4, -0.2) is 28.3 Å². The van der Waals surface area contributed by atoms with Gasteiger partial charge in [0.15, 0.2) is 5.76 Å². The Morgan fingerprint density at radius 1 is 1.33 bits per heavy atom. The van der Waals surface area contributed by atoms with Gasteiger partial charge in [-0.1, -0.05) is 24.4 Å². The molecule has 1 saturated carbocycles. The molecule has 0 saturated heterocycles. The van der Waals surface area contributed by atoms with Crippen molar-refractivity contribution < 1.29 is 19.2 Å². The summed E-state index contributed by atoms with van der Waals surface area (Å²) in [6.45, 7) is 3.23. The van der Waals surface area contributed by atoms with Crippen molar-refractivity contribution in [1.29, 1.82) is 0 Å². The molecule has 0 bridgehead atoms. The van der Waals surface area contributed by atoms with Crippen LogP contribution in [0.2, 0.25) is 0 Å². The number of amides is 2. The fourth-order valence-electron chi connectivity index (χ4n) is 2.68. The van der Waals surface area contributed by atoms with Crippen LogP contribution >= 0.6 is 0 Å². The number of aromatic nitrogens is 1. The zero-order chi connectivity index (χ0) is 15.4. The Morgan fingerprint density at radius 2 is 2.00 bits per heavy atom. The number of aryl methyl sites for hydroxylation is 1. The zero-order valence-corrected chi connectivity index (χ0v) is 12.3. The second-order valence-electron chi connectivity index (χ2n) is 5.49. The lowest BCUT2D eigenvalue weighted by Crippen LogP contribution is -2.43. The van der Waals surface area contributed by atoms with Crippen LogP contribution in [-0.2, 0) is 0 Å². The monoisotopic (exact) mass is 295 g/mol. The highest BCUT2D eigenvalue weighted by atomic mass is 16.5. The molecular formula is C14H21N3O4. The van der Waals surface area contributed by atoms with Gasteiger partial charge in [-0.05, 0) is 26.7 Å². The van der Waals surface area contributed by atoms with E-state index in [1.165, 1.54) is 6.42 Å². The minimum Gasteiger partial charge on any atom is -0.477 e. The van der Waals surface area contributed by atoms with E-state index in [4.69, 9.17) is 9.63 Å². The second kappa shape index (κ2) is 6.60. The molecule has 0 radical (unpaired) electrons. The number of nitrogens with zero attached hydrogens (tertiary/aromatic N) is 1. The molecule has 7 heteroatoms. The van der Waals surface area contributed by atoms with Crippen LogP contribution in [0.15, 0.2) is 4.52 Å². The minimum absolute atomic E-state index is 0.0143. The molecule has 7 nitrogen and oxygen atoms in total. The molecule has 0 spiro atoms. The number of hydrogen-bond acceptors (Lipinski definition) is 4. The van der Waals surface area contributed by atoms with E-state index in [0.717, 1.165) is 25.7 Å². The van der Waals surface area contributed by atoms with Crippen LogP contribution in [0.25, 0.3) is 0 Å². The molecular weight excluding hydrogens is 274 g/mol. The van der Waals surface area contributed by atoms with E-state index in [-0.39, 0.29) is 23.4 Å². The third-order valence-electron chi connectivity index (χ3n) is 3.78. The largest absolute Gasteiger partial charge is 0.477 e. The van der Waals surface area contributed by atoms with Gasteiger partial charge in [0.1, 0.15) is 5.56 Å². The molecule has 0 unspecified atom stereocenters. The number of carboxylic acid groups (broad SMARTS) is 1. The molecule has 116 valence electrons. The Balaban J connectivity index is 1.96. The van der Waals surface area contributed by atoms with E-state index >= 15 is 0 Å². The van der Waals surface area contributed by atoms with Crippen LogP contribution < -0.4 is 10.6 Å². The van der Waals surface area contributed by atoms with E-state index < -0.39 is 12.0 Å². The summed E-state index contributed by atoms with van der Waals surface area (Å²) in [5.74, 6) is -0.941. The van der Waals surface area contributed by atoms with Gasteiger partial charge in [0.25, 0.3) is 0 Å². The van der Waals surface area contributed by atoms with Crippen molar-refractivity contribution in [1.82, 2.24) is 15.8 Å². The van der Waals surface area contributed by atoms with Gasteiger partial charge in [0.05, 0.1) is 11.7 Å². The van der Waals surface area contributed by atoms with Crippen LogP contribution in [0.4, 0.5) is 4.79 Å². The molecule has 1 aliphatic rings. The number of rotatable bonds is 4. The lowest BCUT2D eigenvalue weighted by molar-refractivity contribution is 0.0692. The van der Waals surface area contributed by atoms with Crippen LogP contribution in [0, 0.1) is 6.92 Å². The first-order valence-electron chi connectivity index (χ1n) is 7.25. The third kappa shape index (κ3) is 3.74. The summed E-state index contributed by atoms with van der Waals surface area (Å²) in [4.78, 5) is 23.1. The number of urea groups is 1. The van der Waals surface area contributed by atoms with Crippen molar-refractivity contribution in [2.75, 3.05) is 0 Å². The molecule has 1 aromatic rings. The highest BCUT2D eigenvalue weighted by molar-refractivity contribution is 5.90. The molecule has 0 aromatic carbocycles. The molecule has 3 N–H and O–H groups in total. The Labute approximate surface area is 123 Å². The summed E-state index contributed by atoms with van der Waals surface area (Å²) in [5, 5.41) is 18.4. The van der Waals surface area contributed by atoms with E-state index in [1.54, 1.807) is 13.8 Å². The number of carbonyl (C=O) groups is 2. The average molecular weight is 295 g/mol. The Bertz CT molecular complexity index is 520. The maximum atomic E-state index is 12.0. The fourth-order valence-corrected chi connectivity index (χ4v) is 2.68. The van der Waals surface area contributed by atoms with Crippen molar-refractivity contribution in [2.45, 2.75) is 58.0 Å². The van der Waals surface area contributed by atoms with Crippen molar-refractivity contribution in [2.24, 2.45) is 0 Å². The van der Waals surface area contributed by atoms with E-state index in [1.807, 2.05) is 0 Å². The Morgan fingerprint density at radius 3 is 2.62 bits per heavy atom. The zero-order valence-electron chi connectivity index (χ0n) is 12.3. The van der Waals surface area contributed by atoms with Crippen molar-refractivity contribution in [3.05, 3.63) is 17.0 Å². The highest BCUT2D eigenvalue weighted by Crippen LogP contribution is 2.21. The second-order valence-corrected chi connectivity index (χ2v) is 5.49. The molecule has 1 atom stereocenters. The average Bonchev–Trinajstić information content (AvgIpc) is 2.81. The number of carbonyl (C=O) groups excluding carboxylic acids is 1. The Hall–Kier alpha value is -2.05. The Kier molecular flexibility index (Phi) is 4.82. The SMILES string of the molecule is Cc1noc([C@@H](C)NC(=O)NC2CCCCC2)c1C(=O)O. The quantitative estimate of drug-likeness (QED) is 0.791. The van der Waals surface area contributed by atoms with Gasteiger partial charge in [-0.3, -0.25) is 0 Å². The van der Waals surface area contributed by atoms with Gasteiger partial charge in [0.2, 0.25) is 0 Å². The van der Waals surface area contributed by atoms with E-state index in [9.17, 15) is 9.59 Å². The van der Waals surface area contributed by atoms with Gasteiger partial charge >= 0.3 is 12.0 Å². The van der Waals surface area contributed by atoms with Gasteiger partial charge in [-0.2, -0.15) is 0 Å². The standard InChI is InChI=1S/C14H21N3O4/c1-8-11(13(18)19)12(21-17-8)9(2)15-14(20)16-10-6-4-3-5-7-10/h9-10H,3-7H2,1-2H3,(H,18,19)(H2,15,16,20)/t9-/m1/s1. The van der Waals surface area contributed by atoms with Gasteiger partial charge in [-0.15, -0.1) is 0 Å². The molecule has 1 aromatic heterocycles. The van der Waals surface area contributed by atoms with E-state index in [2.05, 4.69) is 15.8 Å². The van der Waals surface area contributed by atoms with Crippen LogP contribution in [0.1, 0.15) is 66.9 Å². The molecule has 2 amide bonds. The summed E-state index contributed by atoms with van der Waals surface area (Å²) < 4.78 is 5.04. The normalized spacial score (nSPS) is 17.2. The molecule has 1 fully saturated rings. The predicted octanol–water partition coefficient (Wildman–Crippen LogP) is 2.37. The van der Waals surface area contributed by atoms with Gasteiger partial charge in [0, 0.05) is 6.04 Å². The number of nitrogens with one attached hydrogen (secondary N) is 2. The van der Waals surface area contributed by atoms with Crippen LogP contribution in [0.3, 0.4) is 0 Å². The van der Waals surface area contributed by atoms with Crippen molar-refractivity contribution >= 4 is 12.0 Å². The smallest absolute Gasteiger partial charge is 0.341 e. The summed E-state index contributed by atoms with van der Waals surface area (Å²) in [6, 6.07) is -0.665. The van der Waals surface area contributed by atoms with Gasteiger partial charge < -0.3 is 20.3 Å². The number of carboxylic acids is 1. The van der Waals surface area contributed by atoms with Gasteiger partial charge in [-0.25, -0.2) is 9.59 Å². The molecule has 2 rings (SSSR count). The molecule has 1 aliphatic carbocycles. The summed E-state index contributed by atoms with van der Waals surface area (Å²) >= 11 is 0. The number of aromatic carboxylic acids is 1. The highest BCUT2D eigenvalue weighted by Gasteiger charge is 2.26. The first kappa shape index (κ1) is 15.3. The predicted molar refractivity (Wildman–Crippen MR) is 75.2 cm³/mol. The minimum atomic E-state index is -1.11.